The Bertz CT molecular complexity index is 583. The first-order valence-electron chi connectivity index (χ1n) is 6.70. The molecule has 0 atom stereocenters. The molecule has 2 aromatic rings. The van der Waals surface area contributed by atoms with E-state index in [4.69, 9.17) is 4.74 Å². The summed E-state index contributed by atoms with van der Waals surface area (Å²) in [5, 5.41) is 3.18. The van der Waals surface area contributed by atoms with Gasteiger partial charge in [-0.1, -0.05) is 30.3 Å². The van der Waals surface area contributed by atoms with Gasteiger partial charge in [-0.15, -0.1) is 11.3 Å². The molecule has 1 saturated heterocycles. The standard InChI is InChI=1S/C15H16N2O2S/c18-15-17(8-9-19-15)7-6-14-16-13(11-20-14)10-12-4-2-1-3-5-12/h1-5,11H,6-10H2. The van der Waals surface area contributed by atoms with Crippen molar-refractivity contribution in [3.05, 3.63) is 52.0 Å². The topological polar surface area (TPSA) is 42.4 Å². The van der Waals surface area contributed by atoms with Gasteiger partial charge in [0.15, 0.2) is 0 Å². The van der Waals surface area contributed by atoms with Crippen LogP contribution >= 0.6 is 11.3 Å². The molecule has 3 rings (SSSR count). The van der Waals surface area contributed by atoms with E-state index in [0.29, 0.717) is 19.7 Å². The lowest BCUT2D eigenvalue weighted by molar-refractivity contribution is 0.159. The van der Waals surface area contributed by atoms with Gasteiger partial charge in [0.2, 0.25) is 0 Å². The highest BCUT2D eigenvalue weighted by atomic mass is 32.1. The summed E-state index contributed by atoms with van der Waals surface area (Å²) in [7, 11) is 0. The van der Waals surface area contributed by atoms with E-state index in [-0.39, 0.29) is 6.09 Å². The van der Waals surface area contributed by atoms with Crippen LogP contribution in [-0.4, -0.2) is 35.7 Å². The van der Waals surface area contributed by atoms with Crippen LogP contribution in [0.2, 0.25) is 0 Å². The quantitative estimate of drug-likeness (QED) is 0.849. The number of rotatable bonds is 5. The molecule has 1 amide bonds. The number of aromatic nitrogens is 1. The summed E-state index contributed by atoms with van der Waals surface area (Å²) in [4.78, 5) is 17.7. The lowest BCUT2D eigenvalue weighted by Crippen LogP contribution is -2.26. The lowest BCUT2D eigenvalue weighted by atomic mass is 10.1. The van der Waals surface area contributed by atoms with Crippen LogP contribution in [0.25, 0.3) is 0 Å². The van der Waals surface area contributed by atoms with Crippen LogP contribution in [0.1, 0.15) is 16.3 Å². The van der Waals surface area contributed by atoms with Crippen molar-refractivity contribution in [3.8, 4) is 0 Å². The molecule has 1 fully saturated rings. The monoisotopic (exact) mass is 288 g/mol. The number of benzene rings is 1. The van der Waals surface area contributed by atoms with Gasteiger partial charge in [-0.2, -0.15) is 0 Å². The van der Waals surface area contributed by atoms with Gasteiger partial charge in [0.05, 0.1) is 17.2 Å². The van der Waals surface area contributed by atoms with Crippen molar-refractivity contribution in [1.29, 1.82) is 0 Å². The highest BCUT2D eigenvalue weighted by Gasteiger charge is 2.21. The molecule has 2 heterocycles. The summed E-state index contributed by atoms with van der Waals surface area (Å²) in [5.41, 5.74) is 2.37. The second-order valence-electron chi connectivity index (χ2n) is 4.75. The zero-order chi connectivity index (χ0) is 13.8. The lowest BCUT2D eigenvalue weighted by Gasteiger charge is -2.10. The van der Waals surface area contributed by atoms with Crippen molar-refractivity contribution < 1.29 is 9.53 Å². The predicted molar refractivity (Wildman–Crippen MR) is 78.0 cm³/mol. The Kier molecular flexibility index (Phi) is 3.97. The Labute approximate surface area is 122 Å². The average Bonchev–Trinajstić information content (AvgIpc) is 3.07. The summed E-state index contributed by atoms with van der Waals surface area (Å²) in [6.45, 7) is 1.90. The van der Waals surface area contributed by atoms with E-state index in [0.717, 1.165) is 23.5 Å². The number of hydrogen-bond acceptors (Lipinski definition) is 4. The van der Waals surface area contributed by atoms with Crippen molar-refractivity contribution in [2.75, 3.05) is 19.7 Å². The maximum Gasteiger partial charge on any atom is 0.409 e. The number of amides is 1. The van der Waals surface area contributed by atoms with Crippen LogP contribution in [0.15, 0.2) is 35.7 Å². The predicted octanol–water partition coefficient (Wildman–Crippen LogP) is 2.73. The maximum atomic E-state index is 11.3. The van der Waals surface area contributed by atoms with Crippen molar-refractivity contribution >= 4 is 17.4 Å². The van der Waals surface area contributed by atoms with Crippen LogP contribution in [0.3, 0.4) is 0 Å². The first-order valence-corrected chi connectivity index (χ1v) is 7.58. The van der Waals surface area contributed by atoms with E-state index < -0.39 is 0 Å². The molecule has 4 nitrogen and oxygen atoms in total. The Morgan fingerprint density at radius 3 is 2.90 bits per heavy atom. The van der Waals surface area contributed by atoms with E-state index in [1.165, 1.54) is 5.56 Å². The highest BCUT2D eigenvalue weighted by Crippen LogP contribution is 2.15. The molecule has 0 bridgehead atoms. The summed E-state index contributed by atoms with van der Waals surface area (Å²) in [6, 6.07) is 10.3. The fourth-order valence-corrected chi connectivity index (χ4v) is 3.00. The number of hydrogen-bond donors (Lipinski definition) is 0. The SMILES string of the molecule is O=C1OCCN1CCc1nc(Cc2ccccc2)cs1. The summed E-state index contributed by atoms with van der Waals surface area (Å²) in [5.74, 6) is 0. The third-order valence-corrected chi connectivity index (χ3v) is 4.23. The number of thiazole rings is 1. The summed E-state index contributed by atoms with van der Waals surface area (Å²) < 4.78 is 4.91. The van der Waals surface area contributed by atoms with Gasteiger partial charge < -0.3 is 9.64 Å². The normalized spacial score (nSPS) is 14.6. The van der Waals surface area contributed by atoms with Crippen LogP contribution in [0.4, 0.5) is 4.79 Å². The third-order valence-electron chi connectivity index (χ3n) is 3.27. The van der Waals surface area contributed by atoms with Gasteiger partial charge in [-0.3, -0.25) is 0 Å². The van der Waals surface area contributed by atoms with Gasteiger partial charge in [-0.05, 0) is 5.56 Å². The molecule has 0 spiro atoms. The van der Waals surface area contributed by atoms with E-state index >= 15 is 0 Å². The molecule has 1 aliphatic heterocycles. The van der Waals surface area contributed by atoms with E-state index in [1.807, 2.05) is 18.2 Å². The second kappa shape index (κ2) is 6.05. The number of ether oxygens (including phenoxy) is 1. The average molecular weight is 288 g/mol. The molecule has 20 heavy (non-hydrogen) atoms. The Morgan fingerprint density at radius 2 is 2.15 bits per heavy atom. The molecule has 0 radical (unpaired) electrons. The van der Waals surface area contributed by atoms with Crippen LogP contribution in [0, 0.1) is 0 Å². The van der Waals surface area contributed by atoms with Gasteiger partial charge in [0.1, 0.15) is 6.61 Å². The summed E-state index contributed by atoms with van der Waals surface area (Å²) in [6.07, 6.45) is 1.46. The molecule has 0 aliphatic carbocycles. The largest absolute Gasteiger partial charge is 0.448 e. The highest BCUT2D eigenvalue weighted by molar-refractivity contribution is 7.09. The van der Waals surface area contributed by atoms with Crippen LogP contribution < -0.4 is 0 Å². The number of carbonyl (C=O) groups excluding carboxylic acids is 1. The molecule has 0 saturated carbocycles. The van der Waals surface area contributed by atoms with E-state index in [1.54, 1.807) is 16.2 Å². The van der Waals surface area contributed by atoms with Gasteiger partial charge in [-0.25, -0.2) is 9.78 Å². The van der Waals surface area contributed by atoms with E-state index in [2.05, 4.69) is 22.5 Å². The minimum Gasteiger partial charge on any atom is -0.448 e. The third kappa shape index (κ3) is 3.17. The Morgan fingerprint density at radius 1 is 1.30 bits per heavy atom. The van der Waals surface area contributed by atoms with Crippen LogP contribution in [0.5, 0.6) is 0 Å². The number of carbonyl (C=O) groups is 1. The van der Waals surface area contributed by atoms with Crippen molar-refractivity contribution in [1.82, 2.24) is 9.88 Å². The molecule has 1 aromatic heterocycles. The molecule has 1 aliphatic rings. The molecule has 0 N–H and O–H groups in total. The van der Waals surface area contributed by atoms with Gasteiger partial charge in [0.25, 0.3) is 0 Å². The molecule has 104 valence electrons. The van der Waals surface area contributed by atoms with Crippen LogP contribution in [-0.2, 0) is 17.6 Å². The second-order valence-corrected chi connectivity index (χ2v) is 5.69. The smallest absolute Gasteiger partial charge is 0.409 e. The Balaban J connectivity index is 1.55. The minimum atomic E-state index is -0.203. The Hall–Kier alpha value is -1.88. The van der Waals surface area contributed by atoms with E-state index in [9.17, 15) is 4.79 Å². The molecule has 5 heteroatoms. The fraction of sp³-hybridized carbons (Fsp3) is 0.333. The zero-order valence-electron chi connectivity index (χ0n) is 11.1. The maximum absolute atomic E-state index is 11.3. The molecular formula is C15H16N2O2S. The number of cyclic esters (lactones) is 1. The molecular weight excluding hydrogens is 272 g/mol. The van der Waals surface area contributed by atoms with Gasteiger partial charge in [0, 0.05) is 24.8 Å². The minimum absolute atomic E-state index is 0.203. The molecule has 1 aromatic carbocycles. The fourth-order valence-electron chi connectivity index (χ4n) is 2.21. The van der Waals surface area contributed by atoms with Crippen molar-refractivity contribution in [2.24, 2.45) is 0 Å². The van der Waals surface area contributed by atoms with Crippen molar-refractivity contribution in [3.63, 3.8) is 0 Å². The van der Waals surface area contributed by atoms with Crippen molar-refractivity contribution in [2.45, 2.75) is 12.8 Å². The first-order chi connectivity index (χ1) is 9.81. The summed E-state index contributed by atoms with van der Waals surface area (Å²) >= 11 is 1.66. The van der Waals surface area contributed by atoms with Gasteiger partial charge >= 0.3 is 6.09 Å². The zero-order valence-corrected chi connectivity index (χ0v) is 11.9. The first kappa shape index (κ1) is 13.1. The molecule has 0 unspecified atom stereocenters. The number of nitrogens with zero attached hydrogens (tertiary/aromatic N) is 2.